The standard InChI is InChI=1S/C3H8O4S.C3H5.Na/c1-2-3(4)8(5,6)7;1-3-2;/h3-4H,2H2,1H3,(H,5,6,7);3H,1-2H2;/q;-1;+1. The van der Waals surface area contributed by atoms with Crippen molar-refractivity contribution in [2.24, 2.45) is 0 Å². The average molecular weight is 204 g/mol. The first-order valence-corrected chi connectivity index (χ1v) is 4.44. The van der Waals surface area contributed by atoms with Gasteiger partial charge in [-0.3, -0.25) is 4.55 Å². The Morgan fingerprint density at radius 3 is 1.92 bits per heavy atom. The van der Waals surface area contributed by atoms with Crippen LogP contribution < -0.4 is 29.6 Å². The van der Waals surface area contributed by atoms with Crippen LogP contribution >= 0.6 is 0 Å². The van der Waals surface area contributed by atoms with Crippen LogP contribution in [0.5, 0.6) is 0 Å². The van der Waals surface area contributed by atoms with Gasteiger partial charge < -0.3 is 5.11 Å². The topological polar surface area (TPSA) is 74.6 Å². The van der Waals surface area contributed by atoms with E-state index in [1.54, 1.807) is 0 Å². The number of aliphatic hydroxyl groups excluding tert-OH is 1. The third-order valence-electron chi connectivity index (χ3n) is 0.693. The van der Waals surface area contributed by atoms with Gasteiger partial charge in [0.05, 0.1) is 0 Å². The molecule has 1 atom stereocenters. The first kappa shape index (κ1) is 18.3. The van der Waals surface area contributed by atoms with Gasteiger partial charge in [-0.2, -0.15) is 8.42 Å². The van der Waals surface area contributed by atoms with Crippen molar-refractivity contribution in [3.63, 3.8) is 0 Å². The Bertz CT molecular complexity index is 188. The van der Waals surface area contributed by atoms with Crippen LogP contribution in [0.2, 0.25) is 0 Å². The largest absolute Gasteiger partial charge is 1.00 e. The molecule has 4 nitrogen and oxygen atoms in total. The molecular formula is C6H13NaO4S. The summed E-state index contributed by atoms with van der Waals surface area (Å²) in [6, 6.07) is 0. The smallest absolute Gasteiger partial charge is 0.375 e. The van der Waals surface area contributed by atoms with Gasteiger partial charge in [0.15, 0.2) is 5.44 Å². The van der Waals surface area contributed by atoms with E-state index in [0.717, 1.165) is 0 Å². The molecule has 0 radical (unpaired) electrons. The van der Waals surface area contributed by atoms with Gasteiger partial charge in [-0.1, -0.05) is 6.92 Å². The molecule has 0 heterocycles. The van der Waals surface area contributed by atoms with E-state index >= 15 is 0 Å². The molecule has 0 aliphatic carbocycles. The van der Waals surface area contributed by atoms with Crippen molar-refractivity contribution in [2.45, 2.75) is 18.8 Å². The van der Waals surface area contributed by atoms with Gasteiger partial charge in [-0.15, -0.1) is 0 Å². The van der Waals surface area contributed by atoms with Crippen LogP contribution in [0.1, 0.15) is 13.3 Å². The van der Waals surface area contributed by atoms with E-state index in [-0.39, 0.29) is 36.0 Å². The van der Waals surface area contributed by atoms with Gasteiger partial charge in [0.25, 0.3) is 10.1 Å². The van der Waals surface area contributed by atoms with Gasteiger partial charge in [0, 0.05) is 0 Å². The Hall–Kier alpha value is 0.480. The minimum absolute atomic E-state index is 0. The molecule has 0 spiro atoms. The zero-order valence-electron chi connectivity index (χ0n) is 7.40. The molecule has 2 N–H and O–H groups in total. The quantitative estimate of drug-likeness (QED) is 0.299. The summed E-state index contributed by atoms with van der Waals surface area (Å²) in [5.74, 6) is 0. The van der Waals surface area contributed by atoms with Crippen LogP contribution in [0.4, 0.5) is 0 Å². The van der Waals surface area contributed by atoms with Crippen LogP contribution in [0.25, 0.3) is 0 Å². The minimum atomic E-state index is -4.20. The number of hydrogen-bond acceptors (Lipinski definition) is 3. The monoisotopic (exact) mass is 204 g/mol. The summed E-state index contributed by atoms with van der Waals surface area (Å²) in [4.78, 5) is 0. The molecule has 0 aromatic rings. The molecule has 0 aliphatic heterocycles. The van der Waals surface area contributed by atoms with E-state index in [1.165, 1.54) is 13.0 Å². The Morgan fingerprint density at radius 1 is 1.67 bits per heavy atom. The Balaban J connectivity index is -0.000000177. The van der Waals surface area contributed by atoms with Gasteiger partial charge >= 0.3 is 29.6 Å². The fourth-order valence-electron chi connectivity index (χ4n) is 0.211. The molecule has 1 unspecified atom stereocenters. The van der Waals surface area contributed by atoms with Crippen LogP contribution in [0, 0.1) is 6.92 Å². The Morgan fingerprint density at radius 2 is 1.92 bits per heavy atom. The molecule has 0 aromatic carbocycles. The van der Waals surface area contributed by atoms with E-state index in [1.807, 2.05) is 0 Å². The van der Waals surface area contributed by atoms with Crippen LogP contribution in [0.15, 0.2) is 12.7 Å². The van der Waals surface area contributed by atoms with Crippen molar-refractivity contribution in [1.29, 1.82) is 0 Å². The van der Waals surface area contributed by atoms with Crippen LogP contribution in [-0.2, 0) is 10.1 Å². The molecule has 0 aliphatic rings. The minimum Gasteiger partial charge on any atom is -0.375 e. The second kappa shape index (κ2) is 9.57. The van der Waals surface area contributed by atoms with Crippen molar-refractivity contribution < 1.29 is 47.6 Å². The fraction of sp³-hybridized carbons (Fsp3) is 0.500. The predicted octanol–water partition coefficient (Wildman–Crippen LogP) is -2.39. The molecule has 68 valence electrons. The molecule has 0 fully saturated rings. The van der Waals surface area contributed by atoms with Gasteiger partial charge in [-0.25, -0.2) is 19.6 Å². The number of hydrogen-bond donors (Lipinski definition) is 2. The summed E-state index contributed by atoms with van der Waals surface area (Å²) >= 11 is 0. The zero-order chi connectivity index (χ0) is 9.49. The van der Waals surface area contributed by atoms with E-state index < -0.39 is 15.6 Å². The van der Waals surface area contributed by atoms with Crippen molar-refractivity contribution in [1.82, 2.24) is 0 Å². The summed E-state index contributed by atoms with van der Waals surface area (Å²) in [5, 5.41) is 8.36. The maximum Gasteiger partial charge on any atom is 1.00 e. The van der Waals surface area contributed by atoms with E-state index in [2.05, 4.69) is 13.5 Å². The second-order valence-corrected chi connectivity index (χ2v) is 3.24. The Labute approximate surface area is 95.7 Å². The molecule has 0 bridgehead atoms. The first-order valence-electron chi connectivity index (χ1n) is 2.94. The molecule has 0 rings (SSSR count). The molecule has 0 aromatic heterocycles. The summed E-state index contributed by atoms with van der Waals surface area (Å²) in [6.07, 6.45) is 1.51. The SMILES string of the molecule is C=C[CH2-].CCC(O)S(=O)(=O)O.[Na+]. The van der Waals surface area contributed by atoms with E-state index in [4.69, 9.17) is 9.66 Å². The maximum atomic E-state index is 9.87. The third kappa shape index (κ3) is 13.1. The van der Waals surface area contributed by atoms with Crippen LogP contribution in [0.3, 0.4) is 0 Å². The number of aliphatic hydroxyl groups is 1. The molecule has 6 heteroatoms. The average Bonchev–Trinajstić information content (AvgIpc) is 1.86. The predicted molar refractivity (Wildman–Crippen MR) is 43.4 cm³/mol. The van der Waals surface area contributed by atoms with Crippen molar-refractivity contribution in [3.8, 4) is 0 Å². The molecule has 0 saturated heterocycles. The summed E-state index contributed by atoms with van der Waals surface area (Å²) in [5.41, 5.74) is -1.62. The number of allylic oxidation sites excluding steroid dienone is 1. The second-order valence-electron chi connectivity index (χ2n) is 1.67. The van der Waals surface area contributed by atoms with Gasteiger partial charge in [-0.05, 0) is 6.42 Å². The van der Waals surface area contributed by atoms with Crippen molar-refractivity contribution >= 4 is 10.1 Å². The normalized spacial score (nSPS) is 11.6. The molecule has 12 heavy (non-hydrogen) atoms. The van der Waals surface area contributed by atoms with Gasteiger partial charge in [0.2, 0.25) is 0 Å². The summed E-state index contributed by atoms with van der Waals surface area (Å²) in [7, 11) is -4.20. The zero-order valence-corrected chi connectivity index (χ0v) is 10.2. The first-order chi connectivity index (χ1) is 4.90. The molecular weight excluding hydrogens is 191 g/mol. The number of rotatable bonds is 2. The third-order valence-corrected chi connectivity index (χ3v) is 1.71. The van der Waals surface area contributed by atoms with Crippen molar-refractivity contribution in [2.75, 3.05) is 0 Å². The fourth-order valence-corrected chi connectivity index (χ4v) is 0.632. The van der Waals surface area contributed by atoms with E-state index in [0.29, 0.717) is 0 Å². The Kier molecular flexibility index (Phi) is 14.6. The summed E-state index contributed by atoms with van der Waals surface area (Å²) < 4.78 is 27.7. The maximum absolute atomic E-state index is 9.87. The molecule has 0 saturated carbocycles. The molecule has 0 amide bonds. The van der Waals surface area contributed by atoms with Crippen LogP contribution in [-0.4, -0.2) is 23.5 Å². The van der Waals surface area contributed by atoms with E-state index in [9.17, 15) is 8.42 Å². The van der Waals surface area contributed by atoms with Gasteiger partial charge in [0.1, 0.15) is 0 Å². The summed E-state index contributed by atoms with van der Waals surface area (Å²) in [6.45, 7) is 7.96. The van der Waals surface area contributed by atoms with Crippen molar-refractivity contribution in [3.05, 3.63) is 19.6 Å².